The summed E-state index contributed by atoms with van der Waals surface area (Å²) in [6, 6.07) is 2.57. The van der Waals surface area contributed by atoms with Crippen molar-refractivity contribution >= 4 is 27.5 Å². The van der Waals surface area contributed by atoms with E-state index in [2.05, 4.69) is 15.9 Å². The smallest absolute Gasteiger partial charge is 0.255 e. The topological polar surface area (TPSA) is 55.6 Å². The summed E-state index contributed by atoms with van der Waals surface area (Å²) in [7, 11) is 0. The van der Waals surface area contributed by atoms with Crippen molar-refractivity contribution in [3.8, 4) is 0 Å². The summed E-state index contributed by atoms with van der Waals surface area (Å²) in [5.41, 5.74) is 5.82. The van der Waals surface area contributed by atoms with Gasteiger partial charge >= 0.3 is 0 Å². The van der Waals surface area contributed by atoms with Crippen LogP contribution < -0.4 is 5.73 Å². The maximum atomic E-state index is 13.2. The van der Waals surface area contributed by atoms with Crippen LogP contribution in [0, 0.1) is 5.82 Å². The Bertz CT molecular complexity index is 447. The van der Waals surface area contributed by atoms with Gasteiger partial charge in [-0.1, -0.05) is 0 Å². The molecule has 1 aliphatic heterocycles. The predicted molar refractivity (Wildman–Crippen MR) is 65.2 cm³/mol. The summed E-state index contributed by atoms with van der Waals surface area (Å²) in [6.45, 7) is 2.14. The normalized spacial score (nSPS) is 16.0. The number of carbonyl (C=O) groups excluding carboxylic acids is 1. The third-order valence-electron chi connectivity index (χ3n) is 2.62. The fraction of sp³-hybridized carbons (Fsp3) is 0.364. The number of morpholine rings is 1. The molecule has 17 heavy (non-hydrogen) atoms. The molecule has 1 amide bonds. The van der Waals surface area contributed by atoms with Gasteiger partial charge in [-0.05, 0) is 28.1 Å². The number of ether oxygens (including phenoxy) is 1. The third-order valence-corrected chi connectivity index (χ3v) is 3.27. The maximum absolute atomic E-state index is 13.2. The summed E-state index contributed by atoms with van der Waals surface area (Å²) in [5.74, 6) is -0.692. The van der Waals surface area contributed by atoms with Crippen LogP contribution in [0.1, 0.15) is 10.4 Å². The molecule has 6 heteroatoms. The van der Waals surface area contributed by atoms with E-state index in [0.717, 1.165) is 0 Å². The largest absolute Gasteiger partial charge is 0.396 e. The van der Waals surface area contributed by atoms with Crippen molar-refractivity contribution in [2.24, 2.45) is 0 Å². The lowest BCUT2D eigenvalue weighted by Crippen LogP contribution is -2.40. The molecule has 1 saturated heterocycles. The lowest BCUT2D eigenvalue weighted by molar-refractivity contribution is 0.0302. The Morgan fingerprint density at radius 3 is 2.71 bits per heavy atom. The van der Waals surface area contributed by atoms with E-state index in [1.54, 1.807) is 4.90 Å². The van der Waals surface area contributed by atoms with Crippen LogP contribution in [0.25, 0.3) is 0 Å². The molecule has 0 aliphatic carbocycles. The molecule has 4 nitrogen and oxygen atoms in total. The van der Waals surface area contributed by atoms with Gasteiger partial charge in [-0.2, -0.15) is 0 Å². The highest BCUT2D eigenvalue weighted by atomic mass is 79.9. The Balaban J connectivity index is 2.26. The SMILES string of the molecule is Nc1cc(C(=O)N2CCOCC2)c(Br)cc1F. The number of carbonyl (C=O) groups is 1. The number of nitrogens with zero attached hydrogens (tertiary/aromatic N) is 1. The minimum absolute atomic E-state index is 0.0233. The first-order chi connectivity index (χ1) is 8.09. The molecule has 0 saturated carbocycles. The van der Waals surface area contributed by atoms with Crippen molar-refractivity contribution in [1.82, 2.24) is 4.90 Å². The molecule has 0 spiro atoms. The summed E-state index contributed by atoms with van der Waals surface area (Å²) in [4.78, 5) is 13.8. The molecule has 0 bridgehead atoms. The van der Waals surface area contributed by atoms with E-state index in [4.69, 9.17) is 10.5 Å². The standard InChI is InChI=1S/C11H12BrFN2O2/c12-8-6-9(13)10(14)5-7(8)11(16)15-1-3-17-4-2-15/h5-6H,1-4,14H2. The molecule has 1 aliphatic rings. The lowest BCUT2D eigenvalue weighted by atomic mass is 10.1. The average Bonchev–Trinajstić information content (AvgIpc) is 2.34. The minimum Gasteiger partial charge on any atom is -0.396 e. The Kier molecular flexibility index (Phi) is 3.63. The fourth-order valence-corrected chi connectivity index (χ4v) is 2.15. The number of amides is 1. The summed E-state index contributed by atoms with van der Waals surface area (Å²) in [5, 5.41) is 0. The van der Waals surface area contributed by atoms with E-state index in [0.29, 0.717) is 36.3 Å². The van der Waals surface area contributed by atoms with Crippen LogP contribution in [0.15, 0.2) is 16.6 Å². The van der Waals surface area contributed by atoms with Crippen LogP contribution >= 0.6 is 15.9 Å². The number of halogens is 2. The van der Waals surface area contributed by atoms with E-state index in [1.165, 1.54) is 12.1 Å². The molecule has 0 aromatic heterocycles. The van der Waals surface area contributed by atoms with Gasteiger partial charge in [-0.3, -0.25) is 4.79 Å². The van der Waals surface area contributed by atoms with Crippen molar-refractivity contribution in [2.75, 3.05) is 32.0 Å². The number of benzene rings is 1. The van der Waals surface area contributed by atoms with Crippen molar-refractivity contribution in [3.05, 3.63) is 28.0 Å². The Hall–Kier alpha value is -1.14. The highest BCUT2D eigenvalue weighted by Crippen LogP contribution is 2.24. The van der Waals surface area contributed by atoms with E-state index in [1.807, 2.05) is 0 Å². The number of nitrogens with two attached hydrogens (primary N) is 1. The fourth-order valence-electron chi connectivity index (χ4n) is 1.67. The summed E-state index contributed by atoms with van der Waals surface area (Å²) < 4.78 is 18.8. The molecule has 2 rings (SSSR count). The molecule has 1 aromatic carbocycles. The number of hydrogen-bond donors (Lipinski definition) is 1. The van der Waals surface area contributed by atoms with Gasteiger partial charge < -0.3 is 15.4 Å². The van der Waals surface area contributed by atoms with Gasteiger partial charge in [0.25, 0.3) is 5.91 Å². The second-order valence-corrected chi connectivity index (χ2v) is 4.61. The van der Waals surface area contributed by atoms with E-state index in [-0.39, 0.29) is 11.6 Å². The molecule has 1 fully saturated rings. The second-order valence-electron chi connectivity index (χ2n) is 3.76. The zero-order valence-electron chi connectivity index (χ0n) is 9.08. The molecule has 1 heterocycles. The van der Waals surface area contributed by atoms with Crippen molar-refractivity contribution in [1.29, 1.82) is 0 Å². The third kappa shape index (κ3) is 2.58. The summed E-state index contributed by atoms with van der Waals surface area (Å²) >= 11 is 3.17. The van der Waals surface area contributed by atoms with Gasteiger partial charge in [0, 0.05) is 17.6 Å². The number of hydrogen-bond acceptors (Lipinski definition) is 3. The predicted octanol–water partition coefficient (Wildman–Crippen LogP) is 1.64. The monoisotopic (exact) mass is 302 g/mol. The van der Waals surface area contributed by atoms with Gasteiger partial charge in [0.1, 0.15) is 5.82 Å². The van der Waals surface area contributed by atoms with Gasteiger partial charge in [-0.25, -0.2) is 4.39 Å². The van der Waals surface area contributed by atoms with Crippen LogP contribution in [0.5, 0.6) is 0 Å². The van der Waals surface area contributed by atoms with Crippen molar-refractivity contribution in [2.45, 2.75) is 0 Å². The molecule has 0 atom stereocenters. The first-order valence-electron chi connectivity index (χ1n) is 5.21. The van der Waals surface area contributed by atoms with Gasteiger partial charge in [0.2, 0.25) is 0 Å². The highest BCUT2D eigenvalue weighted by molar-refractivity contribution is 9.10. The average molecular weight is 303 g/mol. The lowest BCUT2D eigenvalue weighted by Gasteiger charge is -2.27. The summed E-state index contributed by atoms with van der Waals surface area (Å²) in [6.07, 6.45) is 0. The first kappa shape index (κ1) is 12.3. The number of anilines is 1. The zero-order chi connectivity index (χ0) is 12.4. The quantitative estimate of drug-likeness (QED) is 0.803. The molecular weight excluding hydrogens is 291 g/mol. The second kappa shape index (κ2) is 5.01. The van der Waals surface area contributed by atoms with Crippen LogP contribution in [-0.2, 0) is 4.74 Å². The Morgan fingerprint density at radius 2 is 2.06 bits per heavy atom. The van der Waals surface area contributed by atoms with Crippen LogP contribution in [0.3, 0.4) is 0 Å². The molecule has 0 unspecified atom stereocenters. The van der Waals surface area contributed by atoms with Crippen molar-refractivity contribution in [3.63, 3.8) is 0 Å². The van der Waals surface area contributed by atoms with Gasteiger partial charge in [0.05, 0.1) is 24.5 Å². The van der Waals surface area contributed by atoms with Gasteiger partial charge in [-0.15, -0.1) is 0 Å². The first-order valence-corrected chi connectivity index (χ1v) is 6.00. The number of nitrogen functional groups attached to an aromatic ring is 1. The van der Waals surface area contributed by atoms with E-state index < -0.39 is 5.82 Å². The maximum Gasteiger partial charge on any atom is 0.255 e. The van der Waals surface area contributed by atoms with Crippen LogP contribution in [-0.4, -0.2) is 37.1 Å². The highest BCUT2D eigenvalue weighted by Gasteiger charge is 2.21. The molecule has 0 radical (unpaired) electrons. The van der Waals surface area contributed by atoms with Crippen LogP contribution in [0.2, 0.25) is 0 Å². The Labute approximate surface area is 107 Å². The Morgan fingerprint density at radius 1 is 1.41 bits per heavy atom. The zero-order valence-corrected chi connectivity index (χ0v) is 10.7. The van der Waals surface area contributed by atoms with Crippen molar-refractivity contribution < 1.29 is 13.9 Å². The minimum atomic E-state index is -0.532. The molecule has 1 aromatic rings. The van der Waals surface area contributed by atoms with Gasteiger partial charge in [0.15, 0.2) is 0 Å². The van der Waals surface area contributed by atoms with E-state index in [9.17, 15) is 9.18 Å². The molecule has 92 valence electrons. The molecular formula is C11H12BrFN2O2. The van der Waals surface area contributed by atoms with E-state index >= 15 is 0 Å². The number of rotatable bonds is 1. The molecule has 2 N–H and O–H groups in total. The van der Waals surface area contributed by atoms with Crippen LogP contribution in [0.4, 0.5) is 10.1 Å².